The van der Waals surface area contributed by atoms with Gasteiger partial charge in [0.15, 0.2) is 0 Å². The molecule has 3 aromatic rings. The van der Waals surface area contributed by atoms with Crippen LogP contribution in [-0.2, 0) is 16.0 Å². The summed E-state index contributed by atoms with van der Waals surface area (Å²) in [6.45, 7) is 7.55. The summed E-state index contributed by atoms with van der Waals surface area (Å²) in [5, 5.41) is 11.3. The number of phenolic OH excluding ortho intramolecular Hbond substituents is 1. The molecule has 0 saturated carbocycles. The maximum atomic E-state index is 14.0. The molecule has 9 nitrogen and oxygen atoms in total. The van der Waals surface area contributed by atoms with Crippen molar-refractivity contribution in [2.45, 2.75) is 38.3 Å². The van der Waals surface area contributed by atoms with Crippen LogP contribution in [0.4, 0.5) is 4.79 Å². The quantitative estimate of drug-likeness (QED) is 0.438. The van der Waals surface area contributed by atoms with Gasteiger partial charge in [0.05, 0.1) is 0 Å². The van der Waals surface area contributed by atoms with Crippen LogP contribution in [0.15, 0.2) is 46.9 Å². The third kappa shape index (κ3) is 4.30. The average molecular weight is 595 g/mol. The van der Waals surface area contributed by atoms with Crippen LogP contribution in [0, 0.1) is 0 Å². The molecule has 4 heterocycles. The summed E-state index contributed by atoms with van der Waals surface area (Å²) in [7, 11) is 0. The molecule has 0 aliphatic carbocycles. The number of rotatable bonds is 5. The van der Waals surface area contributed by atoms with Crippen molar-refractivity contribution in [2.75, 3.05) is 39.3 Å². The molecule has 0 unspecified atom stereocenters. The molecule has 10 heteroatoms. The van der Waals surface area contributed by atoms with Crippen molar-refractivity contribution in [3.8, 4) is 5.75 Å². The van der Waals surface area contributed by atoms with Gasteiger partial charge in [-0.05, 0) is 61.3 Å². The minimum absolute atomic E-state index is 0.0964. The number of nitrogens with zero attached hydrogens (tertiary/aromatic N) is 4. The monoisotopic (exact) mass is 593 g/mol. The zero-order valence-electron chi connectivity index (χ0n) is 22.1. The van der Waals surface area contributed by atoms with E-state index in [0.29, 0.717) is 32.5 Å². The van der Waals surface area contributed by atoms with Gasteiger partial charge >= 0.3 is 6.03 Å². The molecular weight excluding hydrogens is 562 g/mol. The smallest absolute Gasteiger partial charge is 0.328 e. The standard InChI is InChI=1S/C29H32BrN5O4/c1-18(36)33-13-11-32(12-14-33)9-4-10-34-27(38)29(2)17-23-22-16-20(30)7-8-24(22)31-25(23)26(35(29)28(34)39)19-5-3-6-21(37)15-19/h3,5-8,15-16,26,31,37H,4,9-14,17H2,1-2H3/t26-,29+/m1/s1. The number of nitrogens with one attached hydrogen (secondary N) is 1. The molecule has 6 rings (SSSR count). The number of carbonyl (C=O) groups is 3. The number of aromatic nitrogens is 1. The summed E-state index contributed by atoms with van der Waals surface area (Å²) in [5.41, 5.74) is 2.53. The first-order valence-electron chi connectivity index (χ1n) is 13.4. The number of hydrogen-bond acceptors (Lipinski definition) is 5. The predicted molar refractivity (Wildman–Crippen MR) is 150 cm³/mol. The second-order valence-corrected chi connectivity index (χ2v) is 11.9. The predicted octanol–water partition coefficient (Wildman–Crippen LogP) is 3.86. The Morgan fingerprint density at radius 2 is 1.87 bits per heavy atom. The van der Waals surface area contributed by atoms with Crippen LogP contribution in [0.2, 0.25) is 0 Å². The number of H-pyrrole nitrogens is 1. The van der Waals surface area contributed by atoms with E-state index in [1.54, 1.807) is 30.0 Å². The average Bonchev–Trinajstić information content (AvgIpc) is 3.34. The van der Waals surface area contributed by atoms with Crippen molar-refractivity contribution in [3.63, 3.8) is 0 Å². The highest BCUT2D eigenvalue weighted by molar-refractivity contribution is 9.10. The van der Waals surface area contributed by atoms with E-state index in [-0.39, 0.29) is 23.6 Å². The fourth-order valence-electron chi connectivity index (χ4n) is 6.46. The Morgan fingerprint density at radius 3 is 2.59 bits per heavy atom. The van der Waals surface area contributed by atoms with Gasteiger partial charge in [-0.1, -0.05) is 28.1 Å². The number of hydrogen-bond donors (Lipinski definition) is 2. The minimum Gasteiger partial charge on any atom is -0.508 e. The summed E-state index contributed by atoms with van der Waals surface area (Å²) >= 11 is 3.58. The lowest BCUT2D eigenvalue weighted by Gasteiger charge is -2.42. The summed E-state index contributed by atoms with van der Waals surface area (Å²) in [6.07, 6.45) is 1.07. The molecule has 1 aromatic heterocycles. The van der Waals surface area contributed by atoms with Gasteiger partial charge in [0.1, 0.15) is 17.3 Å². The normalized spacial score (nSPS) is 23.5. The number of phenols is 1. The lowest BCUT2D eigenvalue weighted by Crippen LogP contribution is -2.53. The van der Waals surface area contributed by atoms with Crippen LogP contribution < -0.4 is 0 Å². The second kappa shape index (κ2) is 9.67. The molecule has 2 fully saturated rings. The maximum Gasteiger partial charge on any atom is 0.328 e. The molecule has 4 amide bonds. The molecule has 0 bridgehead atoms. The van der Waals surface area contributed by atoms with Crippen LogP contribution in [0.25, 0.3) is 10.9 Å². The van der Waals surface area contributed by atoms with Crippen molar-refractivity contribution in [2.24, 2.45) is 0 Å². The highest BCUT2D eigenvalue weighted by Gasteiger charge is 2.60. The van der Waals surface area contributed by atoms with Crippen molar-refractivity contribution < 1.29 is 19.5 Å². The van der Waals surface area contributed by atoms with Crippen molar-refractivity contribution in [3.05, 3.63) is 63.8 Å². The number of fused-ring (bicyclic) bond motifs is 4. The SMILES string of the molecule is CC(=O)N1CCN(CCCN2C(=O)N3[C@H](c4cccc(O)c4)c4[nH]c5ccc(Br)cc5c4C[C@@]3(C)C2=O)CC1. The number of imide groups is 1. The van der Waals surface area contributed by atoms with Gasteiger partial charge in [-0.15, -0.1) is 0 Å². The summed E-state index contributed by atoms with van der Waals surface area (Å²) in [6, 6.07) is 12.1. The zero-order valence-corrected chi connectivity index (χ0v) is 23.7. The third-order valence-corrected chi connectivity index (χ3v) is 8.98. The number of halogens is 1. The van der Waals surface area contributed by atoms with Crippen LogP contribution in [0.3, 0.4) is 0 Å². The molecule has 0 radical (unpaired) electrons. The molecule has 2 N–H and O–H groups in total. The molecular formula is C29H32BrN5O4. The van der Waals surface area contributed by atoms with Crippen molar-refractivity contribution in [1.82, 2.24) is 24.6 Å². The highest BCUT2D eigenvalue weighted by atomic mass is 79.9. The van der Waals surface area contributed by atoms with Crippen molar-refractivity contribution in [1.29, 1.82) is 0 Å². The second-order valence-electron chi connectivity index (χ2n) is 11.0. The van der Waals surface area contributed by atoms with Crippen molar-refractivity contribution >= 4 is 44.7 Å². The number of aromatic amines is 1. The van der Waals surface area contributed by atoms with Gasteiger partial charge in [-0.2, -0.15) is 0 Å². The lowest BCUT2D eigenvalue weighted by molar-refractivity contribution is -0.133. The number of carbonyl (C=O) groups excluding carboxylic acids is 3. The van der Waals surface area contributed by atoms with E-state index in [9.17, 15) is 19.5 Å². The minimum atomic E-state index is -1.05. The van der Waals surface area contributed by atoms with Crippen LogP contribution in [0.5, 0.6) is 5.75 Å². The fraction of sp³-hybridized carbons (Fsp3) is 0.414. The van der Waals surface area contributed by atoms with Gasteiger partial charge in [0.25, 0.3) is 5.91 Å². The van der Waals surface area contributed by atoms with Crippen LogP contribution in [0.1, 0.15) is 43.1 Å². The third-order valence-electron chi connectivity index (χ3n) is 8.49. The molecule has 0 spiro atoms. The molecule has 204 valence electrons. The van der Waals surface area contributed by atoms with E-state index in [4.69, 9.17) is 0 Å². The molecule has 3 aliphatic rings. The van der Waals surface area contributed by atoms with Gasteiger partial charge in [-0.3, -0.25) is 24.3 Å². The van der Waals surface area contributed by atoms with Crippen LogP contribution in [-0.4, -0.2) is 92.3 Å². The number of urea groups is 1. The number of amides is 4. The molecule has 3 aliphatic heterocycles. The van der Waals surface area contributed by atoms with Gasteiger partial charge in [-0.25, -0.2) is 4.79 Å². The van der Waals surface area contributed by atoms with E-state index in [2.05, 4.69) is 25.8 Å². The topological polar surface area (TPSA) is 100 Å². The lowest BCUT2D eigenvalue weighted by atomic mass is 9.81. The molecule has 2 aromatic carbocycles. The van der Waals surface area contributed by atoms with E-state index in [1.807, 2.05) is 36.1 Å². The van der Waals surface area contributed by atoms with Crippen LogP contribution >= 0.6 is 15.9 Å². The first-order valence-corrected chi connectivity index (χ1v) is 14.2. The number of benzene rings is 2. The van der Waals surface area contributed by atoms with Gasteiger partial charge < -0.3 is 15.0 Å². The Bertz CT molecular complexity index is 1480. The number of aromatic hydroxyl groups is 1. The fourth-order valence-corrected chi connectivity index (χ4v) is 6.82. The Hall–Kier alpha value is -3.37. The Labute approximate surface area is 235 Å². The highest BCUT2D eigenvalue weighted by Crippen LogP contribution is 2.49. The van der Waals surface area contributed by atoms with E-state index < -0.39 is 11.6 Å². The van der Waals surface area contributed by atoms with Gasteiger partial charge in [0.2, 0.25) is 5.91 Å². The molecule has 2 saturated heterocycles. The maximum absolute atomic E-state index is 14.0. The van der Waals surface area contributed by atoms with E-state index in [1.165, 1.54) is 4.90 Å². The largest absolute Gasteiger partial charge is 0.508 e. The summed E-state index contributed by atoms with van der Waals surface area (Å²) in [4.78, 5) is 50.4. The Balaban J connectivity index is 1.30. The first kappa shape index (κ1) is 25.9. The Morgan fingerprint density at radius 1 is 1.10 bits per heavy atom. The summed E-state index contributed by atoms with van der Waals surface area (Å²) in [5.74, 6) is 0.0213. The zero-order chi connectivity index (χ0) is 27.5. The molecule has 2 atom stereocenters. The first-order chi connectivity index (χ1) is 18.7. The Kier molecular flexibility index (Phi) is 6.42. The van der Waals surface area contributed by atoms with Gasteiger partial charge in [0, 0.05) is 67.1 Å². The molecule has 39 heavy (non-hydrogen) atoms. The summed E-state index contributed by atoms with van der Waals surface area (Å²) < 4.78 is 0.942. The van der Waals surface area contributed by atoms with E-state index >= 15 is 0 Å². The van der Waals surface area contributed by atoms with E-state index in [0.717, 1.165) is 51.8 Å². The number of piperazine rings is 1.